The Kier molecular flexibility index (Phi) is 5.58. The Morgan fingerprint density at radius 3 is 2.33 bits per heavy atom. The van der Waals surface area contributed by atoms with Crippen LogP contribution in [-0.4, -0.2) is 33.1 Å². The predicted octanol–water partition coefficient (Wildman–Crippen LogP) is 3.52. The molecule has 0 spiro atoms. The van der Waals surface area contributed by atoms with Crippen molar-refractivity contribution >= 4 is 40.8 Å². The number of carbonyl (C=O) groups excluding carboxylic acids is 1. The van der Waals surface area contributed by atoms with Crippen molar-refractivity contribution in [3.05, 3.63) is 46.0 Å². The van der Waals surface area contributed by atoms with Crippen LogP contribution in [0.15, 0.2) is 24.5 Å². The summed E-state index contributed by atoms with van der Waals surface area (Å²) in [6.45, 7) is 3.64. The molecule has 0 saturated carbocycles. The maximum Gasteiger partial charge on any atom is 0.356 e. The molecule has 2 rings (SSSR count). The van der Waals surface area contributed by atoms with Crippen LogP contribution >= 0.6 is 23.2 Å². The average molecular weight is 370 g/mol. The van der Waals surface area contributed by atoms with Crippen LogP contribution in [0.2, 0.25) is 10.0 Å². The highest BCUT2D eigenvalue weighted by molar-refractivity contribution is 6.37. The summed E-state index contributed by atoms with van der Waals surface area (Å²) >= 11 is 12.1. The van der Waals surface area contributed by atoms with Crippen molar-refractivity contribution in [3.8, 4) is 5.75 Å². The van der Waals surface area contributed by atoms with Crippen LogP contribution in [0, 0.1) is 0 Å². The highest BCUT2D eigenvalue weighted by Gasteiger charge is 2.21. The zero-order valence-electron chi connectivity index (χ0n) is 12.7. The lowest BCUT2D eigenvalue weighted by Gasteiger charge is -2.14. The average Bonchev–Trinajstić information content (AvgIpc) is 2.51. The van der Waals surface area contributed by atoms with Crippen molar-refractivity contribution in [2.45, 2.75) is 20.0 Å². The number of nitrogens with one attached hydrogen (secondary N) is 1. The Morgan fingerprint density at radius 1 is 1.12 bits per heavy atom. The summed E-state index contributed by atoms with van der Waals surface area (Å²) in [6, 6.07) is 2.88. The molecule has 1 amide bonds. The number of rotatable bonds is 5. The third-order valence-electron chi connectivity index (χ3n) is 2.75. The Morgan fingerprint density at radius 2 is 1.75 bits per heavy atom. The van der Waals surface area contributed by atoms with Gasteiger partial charge < -0.3 is 15.2 Å². The molecule has 0 fully saturated rings. The van der Waals surface area contributed by atoms with Gasteiger partial charge in [0.05, 0.1) is 21.8 Å². The number of hydrogen-bond donors (Lipinski definition) is 2. The molecule has 7 nitrogen and oxygen atoms in total. The molecule has 1 heterocycles. The van der Waals surface area contributed by atoms with E-state index in [0.29, 0.717) is 5.75 Å². The summed E-state index contributed by atoms with van der Waals surface area (Å²) in [7, 11) is 0. The molecule has 126 valence electrons. The Hall–Kier alpha value is -2.38. The number of benzene rings is 1. The molecule has 0 atom stereocenters. The predicted molar refractivity (Wildman–Crippen MR) is 89.2 cm³/mol. The van der Waals surface area contributed by atoms with E-state index in [2.05, 4.69) is 15.3 Å². The molecule has 0 aliphatic carbocycles. The number of carboxylic acids is 1. The number of aromatic carboxylic acids is 1. The SMILES string of the molecule is CC(C)Oc1cc(NC(=O)c2nccnc2C(=O)O)c(Cl)cc1Cl. The molecule has 0 aliphatic heterocycles. The van der Waals surface area contributed by atoms with Crippen LogP contribution in [0.1, 0.15) is 34.8 Å². The van der Waals surface area contributed by atoms with Gasteiger partial charge in [-0.25, -0.2) is 14.8 Å². The summed E-state index contributed by atoms with van der Waals surface area (Å²) in [6.07, 6.45) is 2.27. The highest BCUT2D eigenvalue weighted by atomic mass is 35.5. The second-order valence-electron chi connectivity index (χ2n) is 4.94. The Labute approximate surface area is 147 Å². The van der Waals surface area contributed by atoms with Gasteiger partial charge in [0.15, 0.2) is 11.4 Å². The van der Waals surface area contributed by atoms with Crippen LogP contribution in [0.5, 0.6) is 5.75 Å². The summed E-state index contributed by atoms with van der Waals surface area (Å²) in [5.74, 6) is -1.79. The highest BCUT2D eigenvalue weighted by Crippen LogP contribution is 2.35. The molecule has 0 aliphatic rings. The third-order valence-corrected chi connectivity index (χ3v) is 3.36. The van der Waals surface area contributed by atoms with Crippen molar-refractivity contribution in [1.29, 1.82) is 0 Å². The van der Waals surface area contributed by atoms with Crippen LogP contribution in [0.4, 0.5) is 5.69 Å². The minimum atomic E-state index is -1.36. The normalized spacial score (nSPS) is 10.5. The van der Waals surface area contributed by atoms with E-state index in [9.17, 15) is 9.59 Å². The summed E-state index contributed by atoms with van der Waals surface area (Å²) < 4.78 is 5.53. The number of carbonyl (C=O) groups is 2. The van der Waals surface area contributed by atoms with Crippen LogP contribution in [0.25, 0.3) is 0 Å². The number of anilines is 1. The smallest absolute Gasteiger partial charge is 0.356 e. The molecule has 2 aromatic rings. The summed E-state index contributed by atoms with van der Waals surface area (Å²) in [5, 5.41) is 12.0. The van der Waals surface area contributed by atoms with E-state index >= 15 is 0 Å². The lowest BCUT2D eigenvalue weighted by atomic mass is 10.2. The van der Waals surface area contributed by atoms with Gasteiger partial charge in [-0.3, -0.25) is 4.79 Å². The van der Waals surface area contributed by atoms with E-state index in [1.54, 1.807) is 0 Å². The molecular weight excluding hydrogens is 357 g/mol. The lowest BCUT2D eigenvalue weighted by Crippen LogP contribution is -2.19. The van der Waals surface area contributed by atoms with E-state index in [-0.39, 0.29) is 27.5 Å². The quantitative estimate of drug-likeness (QED) is 0.835. The number of hydrogen-bond acceptors (Lipinski definition) is 5. The lowest BCUT2D eigenvalue weighted by molar-refractivity contribution is 0.0685. The number of halogens is 2. The van der Waals surface area contributed by atoms with E-state index in [4.69, 9.17) is 33.0 Å². The molecule has 24 heavy (non-hydrogen) atoms. The monoisotopic (exact) mass is 369 g/mol. The van der Waals surface area contributed by atoms with Gasteiger partial charge in [0.2, 0.25) is 0 Å². The van der Waals surface area contributed by atoms with Gasteiger partial charge in [-0.15, -0.1) is 0 Å². The zero-order valence-corrected chi connectivity index (χ0v) is 14.2. The summed E-state index contributed by atoms with van der Waals surface area (Å²) in [4.78, 5) is 30.8. The van der Waals surface area contributed by atoms with E-state index in [1.165, 1.54) is 24.5 Å². The van der Waals surface area contributed by atoms with Crippen molar-refractivity contribution in [3.63, 3.8) is 0 Å². The fraction of sp³-hybridized carbons (Fsp3) is 0.200. The molecule has 1 aromatic heterocycles. The second-order valence-corrected chi connectivity index (χ2v) is 5.76. The van der Waals surface area contributed by atoms with Crippen LogP contribution < -0.4 is 10.1 Å². The first kappa shape index (κ1) is 18.0. The largest absolute Gasteiger partial charge is 0.489 e. The fourth-order valence-corrected chi connectivity index (χ4v) is 2.29. The molecule has 9 heteroatoms. The number of ether oxygens (including phenoxy) is 1. The first-order chi connectivity index (χ1) is 11.3. The summed E-state index contributed by atoms with van der Waals surface area (Å²) in [5.41, 5.74) is -0.579. The number of carboxylic acid groups (broad SMARTS) is 1. The van der Waals surface area contributed by atoms with E-state index in [1.807, 2.05) is 13.8 Å². The molecule has 0 radical (unpaired) electrons. The molecule has 0 bridgehead atoms. The third kappa shape index (κ3) is 4.12. The van der Waals surface area contributed by atoms with Gasteiger partial charge in [0.1, 0.15) is 5.75 Å². The minimum absolute atomic E-state index is 0.133. The van der Waals surface area contributed by atoms with Crippen molar-refractivity contribution in [2.75, 3.05) is 5.32 Å². The van der Waals surface area contributed by atoms with Gasteiger partial charge in [-0.1, -0.05) is 23.2 Å². The van der Waals surface area contributed by atoms with Gasteiger partial charge >= 0.3 is 5.97 Å². The van der Waals surface area contributed by atoms with Crippen LogP contribution in [-0.2, 0) is 0 Å². The number of amides is 1. The zero-order chi connectivity index (χ0) is 17.9. The maximum atomic E-state index is 12.3. The van der Waals surface area contributed by atoms with Gasteiger partial charge in [-0.2, -0.15) is 0 Å². The second kappa shape index (κ2) is 7.46. The molecule has 1 aromatic carbocycles. The van der Waals surface area contributed by atoms with Gasteiger partial charge in [-0.05, 0) is 19.9 Å². The maximum absolute atomic E-state index is 12.3. The number of nitrogens with zero attached hydrogens (tertiary/aromatic N) is 2. The van der Waals surface area contributed by atoms with Gasteiger partial charge in [0.25, 0.3) is 5.91 Å². The van der Waals surface area contributed by atoms with E-state index in [0.717, 1.165) is 0 Å². The Balaban J connectivity index is 2.34. The van der Waals surface area contributed by atoms with Crippen molar-refractivity contribution in [1.82, 2.24) is 9.97 Å². The molecule has 2 N–H and O–H groups in total. The van der Waals surface area contributed by atoms with Crippen molar-refractivity contribution in [2.24, 2.45) is 0 Å². The van der Waals surface area contributed by atoms with Crippen molar-refractivity contribution < 1.29 is 19.4 Å². The number of aromatic nitrogens is 2. The topological polar surface area (TPSA) is 101 Å². The molecule has 0 saturated heterocycles. The Bertz CT molecular complexity index is 796. The van der Waals surface area contributed by atoms with E-state index < -0.39 is 17.6 Å². The standard InChI is InChI=1S/C15H13Cl2N3O4/c1-7(2)24-11-6-10(8(16)5-9(11)17)20-14(21)12-13(15(22)23)19-4-3-18-12/h3-7H,1-2H3,(H,20,21)(H,22,23). The first-order valence-corrected chi connectivity index (χ1v) is 7.56. The minimum Gasteiger partial charge on any atom is -0.489 e. The van der Waals surface area contributed by atoms with Crippen LogP contribution in [0.3, 0.4) is 0 Å². The fourth-order valence-electron chi connectivity index (χ4n) is 1.81. The first-order valence-electron chi connectivity index (χ1n) is 6.81. The molecular formula is C15H13Cl2N3O4. The molecule has 0 unspecified atom stereocenters. The van der Waals surface area contributed by atoms with Gasteiger partial charge in [0, 0.05) is 18.5 Å².